The molecule has 0 aliphatic heterocycles. The molecule has 0 aliphatic carbocycles. The van der Waals surface area contributed by atoms with Crippen LogP contribution in [0.15, 0.2) is 11.2 Å². The highest BCUT2D eigenvalue weighted by Crippen LogP contribution is 2.12. The fourth-order valence-electron chi connectivity index (χ4n) is 1.39. The Balaban J connectivity index is 2.75. The molecule has 1 unspecified atom stereocenters. The number of aromatic nitrogens is 2. The van der Waals surface area contributed by atoms with Crippen LogP contribution in [0.5, 0.6) is 0 Å². The van der Waals surface area contributed by atoms with Gasteiger partial charge in [0.15, 0.2) is 5.03 Å². The molecule has 0 saturated heterocycles. The van der Waals surface area contributed by atoms with Crippen LogP contribution in [0.3, 0.4) is 0 Å². The van der Waals surface area contributed by atoms with E-state index < -0.39 is 10.0 Å². The molecule has 0 aliphatic rings. The standard InChI is InChI=1S/C11H22N4O2S/c1-4-9(3)6-14-18(16,17)11-10(7-12-5-2)8-13-15-11/h8-9,12,14H,4-7H2,1-3H3,(H,13,15). The lowest BCUT2D eigenvalue weighted by atomic mass is 10.1. The van der Waals surface area contributed by atoms with E-state index in [4.69, 9.17) is 0 Å². The Morgan fingerprint density at radius 2 is 2.17 bits per heavy atom. The summed E-state index contributed by atoms with van der Waals surface area (Å²) < 4.78 is 26.8. The molecule has 3 N–H and O–H groups in total. The van der Waals surface area contributed by atoms with E-state index >= 15 is 0 Å². The monoisotopic (exact) mass is 274 g/mol. The quantitative estimate of drug-likeness (QED) is 0.655. The molecule has 0 amide bonds. The molecule has 0 aromatic carbocycles. The van der Waals surface area contributed by atoms with E-state index in [2.05, 4.69) is 20.2 Å². The van der Waals surface area contributed by atoms with Crippen molar-refractivity contribution in [3.63, 3.8) is 0 Å². The third kappa shape index (κ3) is 4.08. The lowest BCUT2D eigenvalue weighted by molar-refractivity contribution is 0.525. The number of sulfonamides is 1. The predicted molar refractivity (Wildman–Crippen MR) is 70.6 cm³/mol. The first kappa shape index (κ1) is 15.1. The molecule has 104 valence electrons. The van der Waals surface area contributed by atoms with Crippen molar-refractivity contribution in [1.29, 1.82) is 0 Å². The molecule has 1 rings (SSSR count). The summed E-state index contributed by atoms with van der Waals surface area (Å²) in [7, 11) is -3.49. The first-order valence-corrected chi connectivity index (χ1v) is 7.72. The Bertz CT molecular complexity index is 455. The van der Waals surface area contributed by atoms with Crippen LogP contribution in [0.2, 0.25) is 0 Å². The topological polar surface area (TPSA) is 86.9 Å². The number of hydrogen-bond donors (Lipinski definition) is 3. The van der Waals surface area contributed by atoms with Gasteiger partial charge in [-0.15, -0.1) is 0 Å². The highest BCUT2D eigenvalue weighted by Gasteiger charge is 2.20. The van der Waals surface area contributed by atoms with E-state index in [1.165, 1.54) is 0 Å². The van der Waals surface area contributed by atoms with Gasteiger partial charge in [-0.3, -0.25) is 5.10 Å². The van der Waals surface area contributed by atoms with Crippen molar-refractivity contribution in [3.05, 3.63) is 11.8 Å². The minimum Gasteiger partial charge on any atom is -0.313 e. The fourth-order valence-corrected chi connectivity index (χ4v) is 2.68. The Kier molecular flexibility index (Phi) is 5.77. The Morgan fingerprint density at radius 3 is 2.78 bits per heavy atom. The summed E-state index contributed by atoms with van der Waals surface area (Å²) in [5.41, 5.74) is 0.661. The third-order valence-corrected chi connectivity index (χ3v) is 4.27. The molecule has 0 spiro atoms. The Labute approximate surface area is 109 Å². The summed E-state index contributed by atoms with van der Waals surface area (Å²) in [6, 6.07) is 0. The van der Waals surface area contributed by atoms with Crippen molar-refractivity contribution >= 4 is 10.0 Å². The number of nitrogens with zero attached hydrogens (tertiary/aromatic N) is 1. The van der Waals surface area contributed by atoms with E-state index in [9.17, 15) is 8.42 Å². The molecule has 7 heteroatoms. The SMILES string of the molecule is CCNCc1cn[nH]c1S(=O)(=O)NCC(C)CC. The summed E-state index contributed by atoms with van der Waals surface area (Å²) in [6.45, 7) is 7.73. The van der Waals surface area contributed by atoms with Crippen molar-refractivity contribution in [2.45, 2.75) is 38.8 Å². The van der Waals surface area contributed by atoms with E-state index in [1.54, 1.807) is 6.20 Å². The van der Waals surface area contributed by atoms with Crippen molar-refractivity contribution in [2.75, 3.05) is 13.1 Å². The average molecular weight is 274 g/mol. The number of rotatable bonds is 8. The average Bonchev–Trinajstić information content (AvgIpc) is 2.82. The summed E-state index contributed by atoms with van der Waals surface area (Å²) in [5, 5.41) is 9.61. The van der Waals surface area contributed by atoms with Crippen molar-refractivity contribution < 1.29 is 8.42 Å². The van der Waals surface area contributed by atoms with Gasteiger partial charge in [-0.1, -0.05) is 27.2 Å². The van der Waals surface area contributed by atoms with E-state index in [-0.39, 0.29) is 5.03 Å². The van der Waals surface area contributed by atoms with Gasteiger partial charge in [-0.25, -0.2) is 13.1 Å². The van der Waals surface area contributed by atoms with Gasteiger partial charge in [0.25, 0.3) is 10.0 Å². The Hall–Kier alpha value is -0.920. The maximum Gasteiger partial charge on any atom is 0.257 e. The van der Waals surface area contributed by atoms with Gasteiger partial charge in [0.05, 0.1) is 6.20 Å². The van der Waals surface area contributed by atoms with Crippen molar-refractivity contribution in [2.24, 2.45) is 5.92 Å². The molecule has 18 heavy (non-hydrogen) atoms. The van der Waals surface area contributed by atoms with E-state index in [0.29, 0.717) is 24.6 Å². The van der Waals surface area contributed by atoms with Crippen LogP contribution in [0, 0.1) is 5.92 Å². The van der Waals surface area contributed by atoms with E-state index in [1.807, 2.05) is 20.8 Å². The maximum atomic E-state index is 12.1. The van der Waals surface area contributed by atoms with Gasteiger partial charge < -0.3 is 5.32 Å². The largest absolute Gasteiger partial charge is 0.313 e. The normalized spacial score (nSPS) is 13.7. The number of aromatic amines is 1. The highest BCUT2D eigenvalue weighted by atomic mass is 32.2. The second-order valence-electron chi connectivity index (χ2n) is 4.37. The van der Waals surface area contributed by atoms with E-state index in [0.717, 1.165) is 13.0 Å². The van der Waals surface area contributed by atoms with Crippen LogP contribution in [0.1, 0.15) is 32.8 Å². The molecule has 1 aromatic heterocycles. The summed E-state index contributed by atoms with van der Waals surface area (Å²) in [4.78, 5) is 0. The Morgan fingerprint density at radius 1 is 1.44 bits per heavy atom. The minimum atomic E-state index is -3.49. The van der Waals surface area contributed by atoms with Crippen LogP contribution in [0.25, 0.3) is 0 Å². The number of nitrogens with one attached hydrogen (secondary N) is 3. The van der Waals surface area contributed by atoms with Gasteiger partial charge >= 0.3 is 0 Å². The second kappa shape index (κ2) is 6.86. The first-order chi connectivity index (χ1) is 8.51. The maximum absolute atomic E-state index is 12.1. The molecular formula is C11H22N4O2S. The van der Waals surface area contributed by atoms with Crippen LogP contribution < -0.4 is 10.0 Å². The zero-order valence-corrected chi connectivity index (χ0v) is 12.0. The zero-order chi connectivity index (χ0) is 13.6. The molecular weight excluding hydrogens is 252 g/mol. The van der Waals surface area contributed by atoms with Crippen LogP contribution in [0.4, 0.5) is 0 Å². The summed E-state index contributed by atoms with van der Waals surface area (Å²) >= 11 is 0. The number of H-pyrrole nitrogens is 1. The van der Waals surface area contributed by atoms with Gasteiger partial charge in [-0.05, 0) is 12.5 Å². The summed E-state index contributed by atoms with van der Waals surface area (Å²) in [6.07, 6.45) is 2.48. The number of hydrogen-bond acceptors (Lipinski definition) is 4. The smallest absolute Gasteiger partial charge is 0.257 e. The molecule has 1 atom stereocenters. The van der Waals surface area contributed by atoms with Crippen LogP contribution >= 0.6 is 0 Å². The third-order valence-electron chi connectivity index (χ3n) is 2.83. The fraction of sp³-hybridized carbons (Fsp3) is 0.727. The molecule has 6 nitrogen and oxygen atoms in total. The van der Waals surface area contributed by atoms with Crippen molar-refractivity contribution in [3.8, 4) is 0 Å². The molecule has 0 radical (unpaired) electrons. The molecule has 0 fully saturated rings. The predicted octanol–water partition coefficient (Wildman–Crippen LogP) is 0.844. The van der Waals surface area contributed by atoms with Crippen LogP contribution in [-0.2, 0) is 16.6 Å². The molecule has 0 saturated carbocycles. The summed E-state index contributed by atoms with van der Waals surface area (Å²) in [5.74, 6) is 0.319. The van der Waals surface area contributed by atoms with Gasteiger partial charge in [-0.2, -0.15) is 5.10 Å². The molecule has 1 aromatic rings. The minimum absolute atomic E-state index is 0.159. The molecule has 1 heterocycles. The zero-order valence-electron chi connectivity index (χ0n) is 11.2. The van der Waals surface area contributed by atoms with Crippen molar-refractivity contribution in [1.82, 2.24) is 20.2 Å². The second-order valence-corrected chi connectivity index (χ2v) is 6.07. The van der Waals surface area contributed by atoms with Gasteiger partial charge in [0.1, 0.15) is 0 Å². The van der Waals surface area contributed by atoms with Crippen LogP contribution in [-0.4, -0.2) is 31.7 Å². The lowest BCUT2D eigenvalue weighted by Crippen LogP contribution is -2.29. The lowest BCUT2D eigenvalue weighted by Gasteiger charge is -2.11. The molecule has 0 bridgehead atoms. The van der Waals surface area contributed by atoms with Gasteiger partial charge in [0.2, 0.25) is 0 Å². The first-order valence-electron chi connectivity index (χ1n) is 6.23. The van der Waals surface area contributed by atoms with Gasteiger partial charge in [0, 0.05) is 18.7 Å². The highest BCUT2D eigenvalue weighted by molar-refractivity contribution is 7.89.